The predicted molar refractivity (Wildman–Crippen MR) is 112 cm³/mol. The highest BCUT2D eigenvalue weighted by Gasteiger charge is 2.36. The van der Waals surface area contributed by atoms with E-state index in [1.165, 1.54) is 30.2 Å². The maximum absolute atomic E-state index is 14.3. The van der Waals surface area contributed by atoms with Crippen LogP contribution in [0.2, 0.25) is 0 Å². The average Bonchev–Trinajstić information content (AvgIpc) is 2.67. The van der Waals surface area contributed by atoms with Crippen molar-refractivity contribution in [2.24, 2.45) is 10.7 Å². The van der Waals surface area contributed by atoms with Crippen molar-refractivity contribution in [2.75, 3.05) is 12.4 Å². The maximum Gasteiger partial charge on any atom is 0.188 e. The van der Waals surface area contributed by atoms with E-state index < -0.39 is 23.8 Å². The van der Waals surface area contributed by atoms with Crippen molar-refractivity contribution in [1.29, 1.82) is 0 Å². The van der Waals surface area contributed by atoms with Crippen LogP contribution in [0.5, 0.6) is 0 Å². The van der Waals surface area contributed by atoms with Gasteiger partial charge in [0.2, 0.25) is 0 Å². The number of Topliss-reactive ketones (excluding diaryl/α,β-unsaturated/α-hetero) is 1. The molecule has 0 spiro atoms. The van der Waals surface area contributed by atoms with Gasteiger partial charge < -0.3 is 5.73 Å². The van der Waals surface area contributed by atoms with Gasteiger partial charge in [-0.3, -0.25) is 9.78 Å². The van der Waals surface area contributed by atoms with Gasteiger partial charge in [-0.05, 0) is 41.8 Å². The molecular formula is C19H16Cl2F2N4OS. The highest BCUT2D eigenvalue weighted by atomic mass is 35.5. The molecule has 0 amide bonds. The number of hydrogen-bond donors (Lipinski definition) is 1. The number of halogens is 4. The number of hydrogen-bond acceptors (Lipinski definition) is 6. The largest absolute Gasteiger partial charge is 0.379 e. The van der Waals surface area contributed by atoms with Gasteiger partial charge in [0, 0.05) is 24.6 Å². The molecule has 0 aromatic carbocycles. The van der Waals surface area contributed by atoms with Crippen molar-refractivity contribution in [3.8, 4) is 0 Å². The second kappa shape index (κ2) is 9.19. The van der Waals surface area contributed by atoms with Crippen LogP contribution in [0.25, 0.3) is 6.08 Å². The minimum Gasteiger partial charge on any atom is -0.379 e. The van der Waals surface area contributed by atoms with E-state index in [0.717, 1.165) is 6.07 Å². The van der Waals surface area contributed by atoms with Crippen LogP contribution in [0.1, 0.15) is 33.7 Å². The van der Waals surface area contributed by atoms with Gasteiger partial charge in [-0.25, -0.2) is 18.8 Å². The summed E-state index contributed by atoms with van der Waals surface area (Å²) in [5.41, 5.74) is 5.58. The molecule has 3 heterocycles. The van der Waals surface area contributed by atoms with Crippen LogP contribution in [-0.2, 0) is 12.0 Å². The van der Waals surface area contributed by atoms with E-state index in [2.05, 4.69) is 15.0 Å². The summed E-state index contributed by atoms with van der Waals surface area (Å²) in [6.45, 7) is -0.757. The number of carbonyl (C=O) groups excluding carboxylic acids is 1. The molecule has 1 aliphatic heterocycles. The van der Waals surface area contributed by atoms with Crippen molar-refractivity contribution in [1.82, 2.24) is 9.97 Å². The number of nitrogens with two attached hydrogens (primary N) is 1. The normalized spacial score (nSPS) is 18.8. The summed E-state index contributed by atoms with van der Waals surface area (Å²) in [5.74, 6) is -0.690. The third-order valence-corrected chi connectivity index (χ3v) is 5.39. The van der Waals surface area contributed by atoms with E-state index in [0.29, 0.717) is 34.2 Å². The Morgan fingerprint density at radius 2 is 2.14 bits per heavy atom. The van der Waals surface area contributed by atoms with Gasteiger partial charge in [0.15, 0.2) is 16.8 Å². The number of thioether (sulfide) groups is 1. The summed E-state index contributed by atoms with van der Waals surface area (Å²) in [4.78, 5) is 24.9. The van der Waals surface area contributed by atoms with E-state index >= 15 is 0 Å². The van der Waals surface area contributed by atoms with Crippen LogP contribution in [0, 0.1) is 5.82 Å². The Labute approximate surface area is 180 Å². The molecule has 1 atom stereocenters. The second-order valence-corrected chi connectivity index (χ2v) is 8.52. The number of pyridine rings is 2. The summed E-state index contributed by atoms with van der Waals surface area (Å²) >= 11 is 12.4. The molecule has 0 radical (unpaired) electrons. The van der Waals surface area contributed by atoms with Gasteiger partial charge in [-0.1, -0.05) is 35.0 Å². The van der Waals surface area contributed by atoms with Gasteiger partial charge >= 0.3 is 0 Å². The number of nitrogens with zero attached hydrogens (tertiary/aromatic N) is 3. The third kappa shape index (κ3) is 5.12. The van der Waals surface area contributed by atoms with Gasteiger partial charge in [0.1, 0.15) is 22.4 Å². The zero-order chi connectivity index (χ0) is 21.0. The van der Waals surface area contributed by atoms with Crippen molar-refractivity contribution in [2.45, 2.75) is 18.4 Å². The van der Waals surface area contributed by atoms with Crippen LogP contribution in [0.3, 0.4) is 0 Å². The molecule has 0 unspecified atom stereocenters. The van der Waals surface area contributed by atoms with Gasteiger partial charge in [0.25, 0.3) is 0 Å². The van der Waals surface area contributed by atoms with Crippen LogP contribution < -0.4 is 5.73 Å². The molecule has 5 nitrogen and oxygen atoms in total. The monoisotopic (exact) mass is 456 g/mol. The molecule has 29 heavy (non-hydrogen) atoms. The van der Waals surface area contributed by atoms with Crippen LogP contribution >= 0.6 is 35.0 Å². The molecular weight excluding hydrogens is 441 g/mol. The first-order valence-corrected chi connectivity index (χ1v) is 10.3. The Hall–Kier alpha value is -2.03. The van der Waals surface area contributed by atoms with Crippen LogP contribution in [-0.4, -0.2) is 33.3 Å². The topological polar surface area (TPSA) is 81.2 Å². The summed E-state index contributed by atoms with van der Waals surface area (Å²) in [6, 6.07) is 4.34. The predicted octanol–water partition coefficient (Wildman–Crippen LogP) is 4.43. The average molecular weight is 457 g/mol. The molecule has 2 aromatic heterocycles. The van der Waals surface area contributed by atoms with E-state index in [9.17, 15) is 13.6 Å². The summed E-state index contributed by atoms with van der Waals surface area (Å²) in [6.07, 6.45) is 4.40. The molecule has 3 rings (SSSR count). The van der Waals surface area contributed by atoms with Crippen molar-refractivity contribution in [3.05, 3.63) is 63.4 Å². The fourth-order valence-corrected chi connectivity index (χ4v) is 4.08. The first-order valence-electron chi connectivity index (χ1n) is 8.54. The van der Waals surface area contributed by atoms with Gasteiger partial charge in [-0.2, -0.15) is 0 Å². The molecule has 0 saturated heterocycles. The number of aromatic nitrogens is 2. The van der Waals surface area contributed by atoms with Crippen molar-refractivity contribution >= 4 is 52.0 Å². The molecule has 2 aromatic rings. The molecule has 10 heteroatoms. The maximum atomic E-state index is 14.3. The highest BCUT2D eigenvalue weighted by molar-refractivity contribution is 8.13. The smallest absolute Gasteiger partial charge is 0.188 e. The fourth-order valence-electron chi connectivity index (χ4n) is 2.94. The van der Waals surface area contributed by atoms with E-state index in [1.54, 1.807) is 12.1 Å². The molecule has 0 saturated carbocycles. The first-order chi connectivity index (χ1) is 13.8. The minimum absolute atomic E-state index is 0.0548. The summed E-state index contributed by atoms with van der Waals surface area (Å²) in [7, 11) is 0. The molecule has 0 bridgehead atoms. The molecule has 2 N–H and O–H groups in total. The van der Waals surface area contributed by atoms with Gasteiger partial charge in [0.05, 0.1) is 5.69 Å². The standard InChI is InChI=1S/C19H16Cl2F2N4OS/c20-16(21)8-12-5-13(23)17(26-9-12)14(28)6-11-1-3-25-15(7-11)19(10-22)2-4-29-18(24)27-19/h1,3,5,7-9H,2,4,6,10H2,(H2,24,27)/t19-/m1/s1. The molecule has 1 aliphatic rings. The minimum atomic E-state index is -1.16. The molecule has 152 valence electrons. The van der Waals surface area contributed by atoms with Crippen molar-refractivity contribution < 1.29 is 13.6 Å². The zero-order valence-corrected chi connectivity index (χ0v) is 17.4. The lowest BCUT2D eigenvalue weighted by molar-refractivity contribution is 0.0984. The zero-order valence-electron chi connectivity index (χ0n) is 15.0. The third-order valence-electron chi connectivity index (χ3n) is 4.38. The lowest BCUT2D eigenvalue weighted by Gasteiger charge is -2.30. The van der Waals surface area contributed by atoms with Crippen LogP contribution in [0.15, 0.2) is 40.1 Å². The quantitative estimate of drug-likeness (QED) is 0.649. The summed E-state index contributed by atoms with van der Waals surface area (Å²) in [5, 5.41) is 0.301. The Morgan fingerprint density at radius 1 is 1.34 bits per heavy atom. The Balaban J connectivity index is 1.84. The number of carbonyl (C=O) groups is 1. The lowest BCUT2D eigenvalue weighted by Crippen LogP contribution is -2.34. The SMILES string of the molecule is NC1=N[C@](CF)(c2cc(CC(=O)c3ncc(C=C(Cl)Cl)cc3F)ccn2)CCS1. The number of rotatable bonds is 6. The number of amidine groups is 1. The highest BCUT2D eigenvalue weighted by Crippen LogP contribution is 2.35. The first kappa shape index (κ1) is 21.7. The lowest BCUT2D eigenvalue weighted by atomic mass is 9.92. The van der Waals surface area contributed by atoms with Crippen LogP contribution in [0.4, 0.5) is 8.78 Å². The van der Waals surface area contributed by atoms with E-state index in [-0.39, 0.29) is 16.6 Å². The molecule has 0 aliphatic carbocycles. The Kier molecular flexibility index (Phi) is 6.87. The van der Waals surface area contributed by atoms with Crippen molar-refractivity contribution in [3.63, 3.8) is 0 Å². The Bertz CT molecular complexity index is 998. The van der Waals surface area contributed by atoms with E-state index in [1.807, 2.05) is 0 Å². The second-order valence-electron chi connectivity index (χ2n) is 6.40. The van der Waals surface area contributed by atoms with Gasteiger partial charge in [-0.15, -0.1) is 0 Å². The fraction of sp³-hybridized carbons (Fsp3) is 0.263. The molecule has 0 fully saturated rings. The van der Waals surface area contributed by atoms with E-state index in [4.69, 9.17) is 28.9 Å². The number of alkyl halides is 1. The summed E-state index contributed by atoms with van der Waals surface area (Å²) < 4.78 is 28.1. The number of aliphatic imine (C=N–C) groups is 1. The Morgan fingerprint density at radius 3 is 2.79 bits per heavy atom. The number of ketones is 1.